The molecule has 0 saturated heterocycles. The predicted molar refractivity (Wildman–Crippen MR) is 100 cm³/mol. The highest BCUT2D eigenvalue weighted by atomic mass is 35.5. The van der Waals surface area contributed by atoms with Gasteiger partial charge in [-0.3, -0.25) is 4.90 Å². The lowest BCUT2D eigenvalue weighted by atomic mass is 9.82. The van der Waals surface area contributed by atoms with E-state index in [-0.39, 0.29) is 12.4 Å². The van der Waals surface area contributed by atoms with Crippen molar-refractivity contribution in [3.63, 3.8) is 0 Å². The first kappa shape index (κ1) is 16.3. The van der Waals surface area contributed by atoms with Crippen molar-refractivity contribution < 1.29 is 0 Å². The summed E-state index contributed by atoms with van der Waals surface area (Å²) in [6.07, 6.45) is 4.87. The van der Waals surface area contributed by atoms with Crippen molar-refractivity contribution in [1.82, 2.24) is 4.90 Å². The van der Waals surface area contributed by atoms with Gasteiger partial charge < -0.3 is 0 Å². The second-order valence-electron chi connectivity index (χ2n) is 6.50. The number of rotatable bonds is 3. The van der Waals surface area contributed by atoms with E-state index >= 15 is 0 Å². The number of fused-ring (bicyclic) bond motifs is 2. The van der Waals surface area contributed by atoms with Crippen LogP contribution in [-0.2, 0) is 12.8 Å². The molecule has 1 nitrogen and oxygen atoms in total. The van der Waals surface area contributed by atoms with E-state index in [1.807, 2.05) is 0 Å². The molecule has 0 aromatic heterocycles. The van der Waals surface area contributed by atoms with Gasteiger partial charge in [0.2, 0.25) is 0 Å². The normalized spacial score (nSPS) is 17.2. The lowest BCUT2D eigenvalue weighted by Gasteiger charge is -2.34. The van der Waals surface area contributed by atoms with Gasteiger partial charge >= 0.3 is 0 Å². The maximum Gasteiger partial charge on any atom is 0.0199 e. The third-order valence-electron chi connectivity index (χ3n) is 5.12. The van der Waals surface area contributed by atoms with Crippen molar-refractivity contribution >= 4 is 18.0 Å². The highest BCUT2D eigenvalue weighted by molar-refractivity contribution is 5.85. The Kier molecular flexibility index (Phi) is 5.20. The first-order chi connectivity index (χ1) is 10.9. The Morgan fingerprint density at radius 1 is 0.826 bits per heavy atom. The fourth-order valence-electron chi connectivity index (χ4n) is 3.89. The molecule has 0 radical (unpaired) electrons. The summed E-state index contributed by atoms with van der Waals surface area (Å²) in [5.41, 5.74) is 7.89. The summed E-state index contributed by atoms with van der Waals surface area (Å²) < 4.78 is 0. The maximum atomic E-state index is 2.64. The van der Waals surface area contributed by atoms with Gasteiger partial charge in [-0.2, -0.15) is 0 Å². The van der Waals surface area contributed by atoms with Crippen molar-refractivity contribution in [3.05, 3.63) is 76.9 Å². The lowest BCUT2D eigenvalue weighted by Crippen LogP contribution is -2.34. The number of aryl methyl sites for hydroxylation is 1. The highest BCUT2D eigenvalue weighted by Gasteiger charge is 2.24. The molecule has 0 spiro atoms. The molecule has 1 aliphatic heterocycles. The largest absolute Gasteiger partial charge is 0.299 e. The van der Waals surface area contributed by atoms with Gasteiger partial charge in [0.05, 0.1) is 0 Å². The zero-order chi connectivity index (χ0) is 14.8. The number of nitrogens with zero attached hydrogens (tertiary/aromatic N) is 1. The molecule has 2 aromatic carbocycles. The Balaban J connectivity index is 0.00000156. The minimum atomic E-state index is 0. The Bertz CT molecular complexity index is 690. The van der Waals surface area contributed by atoms with Crippen LogP contribution < -0.4 is 0 Å². The van der Waals surface area contributed by atoms with Gasteiger partial charge in [-0.05, 0) is 47.9 Å². The van der Waals surface area contributed by atoms with Crippen LogP contribution >= 0.6 is 12.4 Å². The summed E-state index contributed by atoms with van der Waals surface area (Å²) in [5.74, 6) is 0. The Labute approximate surface area is 145 Å². The quantitative estimate of drug-likeness (QED) is 0.786. The molecule has 0 unspecified atom stereocenters. The molecule has 2 aliphatic rings. The van der Waals surface area contributed by atoms with Gasteiger partial charge in [-0.15, -0.1) is 12.4 Å². The standard InChI is InChI=1S/C21H23N.ClH/c1-2-6-17(7-3-1)12-14-22-15-13-21-19(16-22)11-10-18-8-4-5-9-20(18)21;/h1-9H,10-16H2;1H. The average molecular weight is 326 g/mol. The molecule has 120 valence electrons. The Hall–Kier alpha value is -1.57. The molecule has 2 aromatic rings. The number of benzene rings is 2. The van der Waals surface area contributed by atoms with Gasteiger partial charge in [0.15, 0.2) is 0 Å². The molecule has 1 aliphatic carbocycles. The molecule has 0 fully saturated rings. The lowest BCUT2D eigenvalue weighted by molar-refractivity contribution is 0.293. The van der Waals surface area contributed by atoms with Gasteiger partial charge in [-0.1, -0.05) is 60.2 Å². The monoisotopic (exact) mass is 325 g/mol. The zero-order valence-corrected chi connectivity index (χ0v) is 14.3. The van der Waals surface area contributed by atoms with E-state index in [1.54, 1.807) is 16.7 Å². The van der Waals surface area contributed by atoms with Gasteiger partial charge in [0.1, 0.15) is 0 Å². The second-order valence-corrected chi connectivity index (χ2v) is 6.50. The minimum absolute atomic E-state index is 0. The van der Waals surface area contributed by atoms with E-state index in [1.165, 1.54) is 56.4 Å². The molecule has 0 amide bonds. The summed E-state index contributed by atoms with van der Waals surface area (Å²) in [6, 6.07) is 19.9. The summed E-state index contributed by atoms with van der Waals surface area (Å²) in [5, 5.41) is 0. The van der Waals surface area contributed by atoms with Crippen molar-refractivity contribution in [1.29, 1.82) is 0 Å². The summed E-state index contributed by atoms with van der Waals surface area (Å²) in [6.45, 7) is 3.57. The van der Waals surface area contributed by atoms with Crippen LogP contribution in [0.3, 0.4) is 0 Å². The van der Waals surface area contributed by atoms with E-state index in [4.69, 9.17) is 0 Å². The van der Waals surface area contributed by atoms with Crippen LogP contribution in [0.4, 0.5) is 0 Å². The van der Waals surface area contributed by atoms with Gasteiger partial charge in [-0.25, -0.2) is 0 Å². The molecule has 0 N–H and O–H groups in total. The average Bonchev–Trinajstić information content (AvgIpc) is 2.60. The van der Waals surface area contributed by atoms with Crippen LogP contribution in [0, 0.1) is 0 Å². The van der Waals surface area contributed by atoms with E-state index in [9.17, 15) is 0 Å². The van der Waals surface area contributed by atoms with Crippen molar-refractivity contribution in [2.75, 3.05) is 19.6 Å². The molecular formula is C21H24ClN. The maximum absolute atomic E-state index is 2.64. The van der Waals surface area contributed by atoms with Crippen LogP contribution in [0.25, 0.3) is 5.57 Å². The molecule has 23 heavy (non-hydrogen) atoms. The van der Waals surface area contributed by atoms with Crippen molar-refractivity contribution in [2.24, 2.45) is 0 Å². The Morgan fingerprint density at radius 2 is 1.61 bits per heavy atom. The second kappa shape index (κ2) is 7.33. The van der Waals surface area contributed by atoms with Crippen molar-refractivity contribution in [3.8, 4) is 0 Å². The molecule has 2 heteroatoms. The smallest absolute Gasteiger partial charge is 0.0199 e. The Morgan fingerprint density at radius 3 is 2.48 bits per heavy atom. The molecular weight excluding hydrogens is 302 g/mol. The van der Waals surface area contributed by atoms with Crippen molar-refractivity contribution in [2.45, 2.75) is 25.7 Å². The van der Waals surface area contributed by atoms with E-state index < -0.39 is 0 Å². The third-order valence-corrected chi connectivity index (χ3v) is 5.12. The molecule has 0 atom stereocenters. The first-order valence-electron chi connectivity index (χ1n) is 8.45. The van der Waals surface area contributed by atoms with Crippen LogP contribution in [-0.4, -0.2) is 24.5 Å². The fraction of sp³-hybridized carbons (Fsp3) is 0.333. The zero-order valence-electron chi connectivity index (χ0n) is 13.5. The van der Waals surface area contributed by atoms with Gasteiger partial charge in [0, 0.05) is 19.6 Å². The summed E-state index contributed by atoms with van der Waals surface area (Å²) >= 11 is 0. The fourth-order valence-corrected chi connectivity index (χ4v) is 3.89. The molecule has 1 heterocycles. The first-order valence-corrected chi connectivity index (χ1v) is 8.45. The molecule has 4 rings (SSSR count). The number of hydrogen-bond acceptors (Lipinski definition) is 1. The summed E-state index contributed by atoms with van der Waals surface area (Å²) in [7, 11) is 0. The minimum Gasteiger partial charge on any atom is -0.299 e. The van der Waals surface area contributed by atoms with E-state index in [0.717, 1.165) is 0 Å². The van der Waals surface area contributed by atoms with E-state index in [2.05, 4.69) is 59.5 Å². The molecule has 0 bridgehead atoms. The van der Waals surface area contributed by atoms with E-state index in [0.29, 0.717) is 0 Å². The highest BCUT2D eigenvalue weighted by Crippen LogP contribution is 2.36. The van der Waals surface area contributed by atoms with Gasteiger partial charge in [0.25, 0.3) is 0 Å². The van der Waals surface area contributed by atoms with Crippen LogP contribution in [0.2, 0.25) is 0 Å². The van der Waals surface area contributed by atoms with Crippen LogP contribution in [0.5, 0.6) is 0 Å². The van der Waals surface area contributed by atoms with Crippen LogP contribution in [0.1, 0.15) is 29.5 Å². The topological polar surface area (TPSA) is 3.24 Å². The SMILES string of the molecule is Cl.c1ccc(CCN2CCC3=C(CCc4ccccc43)C2)cc1. The molecule has 0 saturated carbocycles. The predicted octanol–water partition coefficient (Wildman–Crippen LogP) is 4.76. The number of hydrogen-bond donors (Lipinski definition) is 0. The van der Waals surface area contributed by atoms with Crippen LogP contribution in [0.15, 0.2) is 60.2 Å². The summed E-state index contributed by atoms with van der Waals surface area (Å²) in [4.78, 5) is 2.64. The number of halogens is 1. The third kappa shape index (κ3) is 3.52.